The van der Waals surface area contributed by atoms with Crippen LogP contribution in [0.3, 0.4) is 0 Å². The standard InChI is InChI=1S/C13H19NO3/c1-8-5-6-9(10(15)7-8)11(14)13(2,3)12(16)17-4/h5-7,11,15H,14H2,1-4H3/t11-/m1/s1. The molecule has 0 bridgehead atoms. The van der Waals surface area contributed by atoms with Gasteiger partial charge in [0.1, 0.15) is 5.75 Å². The molecule has 0 aliphatic rings. The summed E-state index contributed by atoms with van der Waals surface area (Å²) in [5.74, 6) is -0.292. The van der Waals surface area contributed by atoms with Crippen LogP contribution in [-0.2, 0) is 9.53 Å². The third-order valence-corrected chi connectivity index (χ3v) is 3.01. The molecule has 94 valence electrons. The van der Waals surface area contributed by atoms with Crippen molar-refractivity contribution in [2.75, 3.05) is 7.11 Å². The molecule has 0 unspecified atom stereocenters. The van der Waals surface area contributed by atoms with Gasteiger partial charge in [-0.1, -0.05) is 12.1 Å². The number of nitrogens with two attached hydrogens (primary N) is 1. The first-order valence-electron chi connectivity index (χ1n) is 5.44. The first kappa shape index (κ1) is 13.5. The topological polar surface area (TPSA) is 72.5 Å². The number of phenolic OH excluding ortho intramolecular Hbond substituents is 1. The molecule has 1 rings (SSSR count). The van der Waals surface area contributed by atoms with E-state index < -0.39 is 17.4 Å². The van der Waals surface area contributed by atoms with E-state index in [2.05, 4.69) is 0 Å². The molecule has 17 heavy (non-hydrogen) atoms. The Balaban J connectivity index is 3.11. The molecule has 0 radical (unpaired) electrons. The van der Waals surface area contributed by atoms with E-state index in [-0.39, 0.29) is 5.75 Å². The van der Waals surface area contributed by atoms with Gasteiger partial charge in [-0.25, -0.2) is 0 Å². The maximum absolute atomic E-state index is 11.6. The highest BCUT2D eigenvalue weighted by Crippen LogP contribution is 2.36. The zero-order valence-corrected chi connectivity index (χ0v) is 10.7. The van der Waals surface area contributed by atoms with Crippen molar-refractivity contribution in [1.82, 2.24) is 0 Å². The summed E-state index contributed by atoms with van der Waals surface area (Å²) in [6, 6.07) is 4.60. The number of carbonyl (C=O) groups is 1. The van der Waals surface area contributed by atoms with Gasteiger partial charge in [0.2, 0.25) is 0 Å². The Kier molecular flexibility index (Phi) is 3.78. The molecular weight excluding hydrogens is 218 g/mol. The summed E-state index contributed by atoms with van der Waals surface area (Å²) >= 11 is 0. The molecule has 0 saturated carbocycles. The fraction of sp³-hybridized carbons (Fsp3) is 0.462. The third kappa shape index (κ3) is 2.58. The van der Waals surface area contributed by atoms with Gasteiger partial charge in [0.15, 0.2) is 0 Å². The van der Waals surface area contributed by atoms with Crippen LogP contribution in [0.4, 0.5) is 0 Å². The van der Waals surface area contributed by atoms with Crippen molar-refractivity contribution in [2.24, 2.45) is 11.1 Å². The van der Waals surface area contributed by atoms with Crippen molar-refractivity contribution in [3.05, 3.63) is 29.3 Å². The summed E-state index contributed by atoms with van der Waals surface area (Å²) in [6.07, 6.45) is 0. The molecule has 4 heteroatoms. The summed E-state index contributed by atoms with van der Waals surface area (Å²) < 4.78 is 4.72. The molecule has 0 aromatic heterocycles. The molecule has 0 fully saturated rings. The lowest BCUT2D eigenvalue weighted by Gasteiger charge is -2.29. The minimum atomic E-state index is -0.887. The second-order valence-electron chi connectivity index (χ2n) is 4.75. The molecule has 1 aromatic rings. The highest BCUT2D eigenvalue weighted by molar-refractivity contribution is 5.77. The SMILES string of the molecule is COC(=O)C(C)(C)[C@H](N)c1ccc(C)cc1O. The van der Waals surface area contributed by atoms with Gasteiger partial charge in [-0.15, -0.1) is 0 Å². The molecule has 0 heterocycles. The zero-order valence-electron chi connectivity index (χ0n) is 10.7. The van der Waals surface area contributed by atoms with Gasteiger partial charge in [-0.2, -0.15) is 0 Å². The summed E-state index contributed by atoms with van der Waals surface area (Å²) in [7, 11) is 1.33. The van der Waals surface area contributed by atoms with Crippen molar-refractivity contribution in [2.45, 2.75) is 26.8 Å². The molecule has 4 nitrogen and oxygen atoms in total. The van der Waals surface area contributed by atoms with E-state index in [0.717, 1.165) is 5.56 Å². The first-order chi connectivity index (χ1) is 7.80. The number of aryl methyl sites for hydroxylation is 1. The third-order valence-electron chi connectivity index (χ3n) is 3.01. The van der Waals surface area contributed by atoms with Crippen LogP contribution in [0.5, 0.6) is 5.75 Å². The van der Waals surface area contributed by atoms with Crippen LogP contribution >= 0.6 is 0 Å². The predicted octanol–water partition coefficient (Wildman–Crippen LogP) is 1.90. The average molecular weight is 237 g/mol. The van der Waals surface area contributed by atoms with Crippen LogP contribution in [-0.4, -0.2) is 18.2 Å². The highest BCUT2D eigenvalue weighted by Gasteiger charge is 2.37. The van der Waals surface area contributed by atoms with Crippen LogP contribution in [0.1, 0.15) is 31.0 Å². The molecule has 0 aliphatic carbocycles. The number of rotatable bonds is 3. The molecule has 0 amide bonds. The van der Waals surface area contributed by atoms with Gasteiger partial charge in [-0.3, -0.25) is 4.79 Å². The van der Waals surface area contributed by atoms with E-state index in [1.54, 1.807) is 26.0 Å². The Labute approximate surface area is 101 Å². The van der Waals surface area contributed by atoms with E-state index in [0.29, 0.717) is 5.56 Å². The second-order valence-corrected chi connectivity index (χ2v) is 4.75. The molecule has 1 atom stereocenters. The Morgan fingerprint density at radius 3 is 2.53 bits per heavy atom. The number of esters is 1. The Morgan fingerprint density at radius 1 is 1.47 bits per heavy atom. The van der Waals surface area contributed by atoms with Crippen molar-refractivity contribution in [1.29, 1.82) is 0 Å². The quantitative estimate of drug-likeness (QED) is 0.787. The van der Waals surface area contributed by atoms with Crippen LogP contribution in [0, 0.1) is 12.3 Å². The normalized spacial score (nSPS) is 13.2. The smallest absolute Gasteiger partial charge is 0.313 e. The molecule has 1 aromatic carbocycles. The van der Waals surface area contributed by atoms with Gasteiger partial charge in [0.25, 0.3) is 0 Å². The second kappa shape index (κ2) is 4.75. The minimum absolute atomic E-state index is 0.106. The predicted molar refractivity (Wildman–Crippen MR) is 65.6 cm³/mol. The van der Waals surface area contributed by atoms with Gasteiger partial charge < -0.3 is 15.6 Å². The fourth-order valence-electron chi connectivity index (χ4n) is 1.70. The number of aromatic hydroxyl groups is 1. The first-order valence-corrected chi connectivity index (χ1v) is 5.44. The molecule has 0 spiro atoms. The van der Waals surface area contributed by atoms with E-state index in [1.165, 1.54) is 7.11 Å². The minimum Gasteiger partial charge on any atom is -0.508 e. The summed E-state index contributed by atoms with van der Waals surface area (Å²) in [4.78, 5) is 11.6. The summed E-state index contributed by atoms with van der Waals surface area (Å²) in [5, 5.41) is 9.85. The van der Waals surface area contributed by atoms with Gasteiger partial charge in [0, 0.05) is 11.6 Å². The van der Waals surface area contributed by atoms with E-state index in [4.69, 9.17) is 10.5 Å². The molecular formula is C13H19NO3. The van der Waals surface area contributed by atoms with E-state index in [1.807, 2.05) is 13.0 Å². The Bertz CT molecular complexity index is 427. The van der Waals surface area contributed by atoms with E-state index >= 15 is 0 Å². The number of carbonyl (C=O) groups excluding carboxylic acids is 1. The van der Waals surface area contributed by atoms with Gasteiger partial charge in [-0.05, 0) is 32.4 Å². The Hall–Kier alpha value is -1.55. The van der Waals surface area contributed by atoms with Gasteiger partial charge in [0.05, 0.1) is 12.5 Å². The number of ether oxygens (including phenoxy) is 1. The van der Waals surface area contributed by atoms with Crippen LogP contribution in [0.2, 0.25) is 0 Å². The lowest BCUT2D eigenvalue weighted by Crippen LogP contribution is -2.37. The number of hydrogen-bond acceptors (Lipinski definition) is 4. The van der Waals surface area contributed by atoms with Crippen molar-refractivity contribution in [3.8, 4) is 5.75 Å². The molecule has 0 aliphatic heterocycles. The number of benzene rings is 1. The Morgan fingerprint density at radius 2 is 2.06 bits per heavy atom. The number of phenols is 1. The maximum Gasteiger partial charge on any atom is 0.313 e. The van der Waals surface area contributed by atoms with Crippen LogP contribution < -0.4 is 5.73 Å². The van der Waals surface area contributed by atoms with Gasteiger partial charge >= 0.3 is 5.97 Å². The van der Waals surface area contributed by atoms with Crippen LogP contribution in [0.25, 0.3) is 0 Å². The molecule has 0 saturated heterocycles. The largest absolute Gasteiger partial charge is 0.508 e. The molecule has 3 N–H and O–H groups in total. The highest BCUT2D eigenvalue weighted by atomic mass is 16.5. The van der Waals surface area contributed by atoms with Crippen LogP contribution in [0.15, 0.2) is 18.2 Å². The summed E-state index contributed by atoms with van der Waals surface area (Å²) in [6.45, 7) is 5.27. The zero-order chi connectivity index (χ0) is 13.2. The fourth-order valence-corrected chi connectivity index (χ4v) is 1.70. The number of hydrogen-bond donors (Lipinski definition) is 2. The van der Waals surface area contributed by atoms with Crippen molar-refractivity contribution >= 4 is 5.97 Å². The van der Waals surface area contributed by atoms with Crippen molar-refractivity contribution in [3.63, 3.8) is 0 Å². The lowest BCUT2D eigenvalue weighted by molar-refractivity contribution is -0.152. The lowest BCUT2D eigenvalue weighted by atomic mass is 9.80. The number of methoxy groups -OCH3 is 1. The van der Waals surface area contributed by atoms with E-state index in [9.17, 15) is 9.90 Å². The average Bonchev–Trinajstić information content (AvgIpc) is 2.27. The monoisotopic (exact) mass is 237 g/mol. The van der Waals surface area contributed by atoms with Crippen molar-refractivity contribution < 1.29 is 14.6 Å². The summed E-state index contributed by atoms with van der Waals surface area (Å²) in [5.41, 5.74) is 6.64. The maximum atomic E-state index is 11.6.